The molecule has 1 N–H and O–H groups in total. The van der Waals surface area contributed by atoms with Crippen LogP contribution in [0.5, 0.6) is 0 Å². The molecule has 1 fully saturated rings. The highest BCUT2D eigenvalue weighted by Gasteiger charge is 2.36. The van der Waals surface area contributed by atoms with Gasteiger partial charge in [-0.2, -0.15) is 0 Å². The summed E-state index contributed by atoms with van der Waals surface area (Å²) in [5, 5.41) is 3.49. The summed E-state index contributed by atoms with van der Waals surface area (Å²) in [6.45, 7) is 9.69. The second-order valence-corrected chi connectivity index (χ2v) is 4.82. The molecule has 2 nitrogen and oxygen atoms in total. The summed E-state index contributed by atoms with van der Waals surface area (Å²) in [7, 11) is 0. The van der Waals surface area contributed by atoms with Crippen LogP contribution in [0.1, 0.15) is 46.5 Å². The van der Waals surface area contributed by atoms with Gasteiger partial charge in [-0.25, -0.2) is 0 Å². The molecular formula is C12H25NO. The Morgan fingerprint density at radius 3 is 2.50 bits per heavy atom. The Kier molecular flexibility index (Phi) is 4.90. The van der Waals surface area contributed by atoms with Gasteiger partial charge in [-0.1, -0.05) is 13.8 Å². The van der Waals surface area contributed by atoms with Crippen LogP contribution in [0, 0.1) is 5.92 Å². The number of hydrogen-bond donors (Lipinski definition) is 1. The van der Waals surface area contributed by atoms with Gasteiger partial charge in [-0.05, 0) is 51.6 Å². The quantitative estimate of drug-likeness (QED) is 0.636. The molecule has 0 amide bonds. The van der Waals surface area contributed by atoms with Crippen LogP contribution in [0.25, 0.3) is 0 Å². The second kappa shape index (κ2) is 5.72. The minimum atomic E-state index is 0.249. The summed E-state index contributed by atoms with van der Waals surface area (Å²) in [4.78, 5) is 0. The van der Waals surface area contributed by atoms with Crippen LogP contribution < -0.4 is 5.32 Å². The van der Waals surface area contributed by atoms with Crippen LogP contribution in [0.3, 0.4) is 0 Å². The summed E-state index contributed by atoms with van der Waals surface area (Å²) >= 11 is 0. The SMILES string of the molecule is CCOC1(CCNCC(C)C)CCC1. The van der Waals surface area contributed by atoms with Crippen LogP contribution in [0.15, 0.2) is 0 Å². The van der Waals surface area contributed by atoms with E-state index in [1.807, 2.05) is 0 Å². The van der Waals surface area contributed by atoms with Gasteiger partial charge in [0.1, 0.15) is 0 Å². The first-order valence-corrected chi connectivity index (χ1v) is 6.03. The van der Waals surface area contributed by atoms with Gasteiger partial charge in [-0.3, -0.25) is 0 Å². The van der Waals surface area contributed by atoms with Gasteiger partial charge in [0.2, 0.25) is 0 Å². The van der Waals surface area contributed by atoms with Crippen molar-refractivity contribution in [3.63, 3.8) is 0 Å². The minimum absolute atomic E-state index is 0.249. The molecule has 14 heavy (non-hydrogen) atoms. The van der Waals surface area contributed by atoms with Crippen molar-refractivity contribution in [2.45, 2.75) is 52.1 Å². The van der Waals surface area contributed by atoms with Gasteiger partial charge in [0.25, 0.3) is 0 Å². The predicted octanol–water partition coefficient (Wildman–Crippen LogP) is 2.58. The highest BCUT2D eigenvalue weighted by Crippen LogP contribution is 2.38. The zero-order valence-electron chi connectivity index (χ0n) is 9.94. The van der Waals surface area contributed by atoms with Crippen molar-refractivity contribution < 1.29 is 4.74 Å². The topological polar surface area (TPSA) is 21.3 Å². The molecule has 1 saturated carbocycles. The Hall–Kier alpha value is -0.0800. The van der Waals surface area contributed by atoms with Gasteiger partial charge in [0, 0.05) is 6.61 Å². The molecule has 0 heterocycles. The lowest BCUT2D eigenvalue weighted by molar-refractivity contribution is -0.0992. The van der Waals surface area contributed by atoms with E-state index < -0.39 is 0 Å². The Bertz CT molecular complexity index is 152. The van der Waals surface area contributed by atoms with Crippen molar-refractivity contribution in [1.29, 1.82) is 0 Å². The monoisotopic (exact) mass is 199 g/mol. The van der Waals surface area contributed by atoms with E-state index in [4.69, 9.17) is 4.74 Å². The van der Waals surface area contributed by atoms with Crippen LogP contribution >= 0.6 is 0 Å². The predicted molar refractivity (Wildman–Crippen MR) is 60.5 cm³/mol. The van der Waals surface area contributed by atoms with Gasteiger partial charge in [0.15, 0.2) is 0 Å². The Balaban J connectivity index is 2.09. The lowest BCUT2D eigenvalue weighted by Crippen LogP contribution is -2.42. The third-order valence-corrected chi connectivity index (χ3v) is 3.03. The van der Waals surface area contributed by atoms with E-state index in [0.29, 0.717) is 0 Å². The molecule has 1 aliphatic rings. The third kappa shape index (κ3) is 3.58. The van der Waals surface area contributed by atoms with Crippen molar-refractivity contribution in [3.05, 3.63) is 0 Å². The maximum absolute atomic E-state index is 5.83. The van der Waals surface area contributed by atoms with Crippen LogP contribution in [0.4, 0.5) is 0 Å². The Labute approximate surface area is 88.4 Å². The van der Waals surface area contributed by atoms with Crippen LogP contribution in [0.2, 0.25) is 0 Å². The minimum Gasteiger partial charge on any atom is -0.375 e. The normalized spacial score (nSPS) is 19.7. The van der Waals surface area contributed by atoms with E-state index in [2.05, 4.69) is 26.1 Å². The standard InChI is InChI=1S/C12H25NO/c1-4-14-12(6-5-7-12)8-9-13-10-11(2)3/h11,13H,4-10H2,1-3H3. The summed E-state index contributed by atoms with van der Waals surface area (Å²) < 4.78 is 5.83. The van der Waals surface area contributed by atoms with E-state index in [0.717, 1.165) is 25.6 Å². The van der Waals surface area contributed by atoms with Gasteiger partial charge in [0.05, 0.1) is 5.60 Å². The van der Waals surface area contributed by atoms with Crippen LogP contribution in [-0.4, -0.2) is 25.3 Å². The molecule has 0 radical (unpaired) electrons. The average molecular weight is 199 g/mol. The Morgan fingerprint density at radius 1 is 1.36 bits per heavy atom. The largest absolute Gasteiger partial charge is 0.375 e. The highest BCUT2D eigenvalue weighted by molar-refractivity contribution is 4.90. The summed E-state index contributed by atoms with van der Waals surface area (Å²) in [5.74, 6) is 0.749. The molecular weight excluding hydrogens is 174 g/mol. The molecule has 0 bridgehead atoms. The van der Waals surface area contributed by atoms with Gasteiger partial charge in [-0.15, -0.1) is 0 Å². The van der Waals surface area contributed by atoms with Crippen molar-refractivity contribution in [1.82, 2.24) is 5.32 Å². The van der Waals surface area contributed by atoms with E-state index in [1.165, 1.54) is 25.7 Å². The fraction of sp³-hybridized carbons (Fsp3) is 1.00. The molecule has 0 unspecified atom stereocenters. The number of hydrogen-bond acceptors (Lipinski definition) is 2. The summed E-state index contributed by atoms with van der Waals surface area (Å²) in [5.41, 5.74) is 0.249. The number of rotatable bonds is 7. The fourth-order valence-corrected chi connectivity index (χ4v) is 2.05. The van der Waals surface area contributed by atoms with Gasteiger partial charge < -0.3 is 10.1 Å². The maximum atomic E-state index is 5.83. The number of ether oxygens (including phenoxy) is 1. The Morgan fingerprint density at radius 2 is 2.07 bits per heavy atom. The van der Waals surface area contributed by atoms with E-state index >= 15 is 0 Å². The lowest BCUT2D eigenvalue weighted by Gasteiger charge is -2.41. The highest BCUT2D eigenvalue weighted by atomic mass is 16.5. The zero-order chi connectivity index (χ0) is 10.4. The van der Waals surface area contributed by atoms with Crippen molar-refractivity contribution in [2.75, 3.05) is 19.7 Å². The second-order valence-electron chi connectivity index (χ2n) is 4.82. The van der Waals surface area contributed by atoms with E-state index in [-0.39, 0.29) is 5.60 Å². The molecule has 0 saturated heterocycles. The first kappa shape index (κ1) is 12.0. The zero-order valence-corrected chi connectivity index (χ0v) is 9.94. The maximum Gasteiger partial charge on any atom is 0.0694 e. The molecule has 0 aromatic carbocycles. The molecule has 1 aliphatic carbocycles. The average Bonchev–Trinajstić information content (AvgIpc) is 2.07. The first-order chi connectivity index (χ1) is 6.68. The number of nitrogens with one attached hydrogen (secondary N) is 1. The molecule has 0 spiro atoms. The smallest absolute Gasteiger partial charge is 0.0694 e. The molecule has 1 rings (SSSR count). The molecule has 0 atom stereocenters. The molecule has 2 heteroatoms. The molecule has 0 aromatic rings. The van der Waals surface area contributed by atoms with Crippen molar-refractivity contribution >= 4 is 0 Å². The van der Waals surface area contributed by atoms with Crippen molar-refractivity contribution in [2.24, 2.45) is 5.92 Å². The molecule has 0 aliphatic heterocycles. The summed E-state index contributed by atoms with van der Waals surface area (Å²) in [6.07, 6.45) is 5.08. The fourth-order valence-electron chi connectivity index (χ4n) is 2.05. The first-order valence-electron chi connectivity index (χ1n) is 6.03. The van der Waals surface area contributed by atoms with E-state index in [9.17, 15) is 0 Å². The van der Waals surface area contributed by atoms with Crippen LogP contribution in [-0.2, 0) is 4.74 Å². The summed E-state index contributed by atoms with van der Waals surface area (Å²) in [6, 6.07) is 0. The van der Waals surface area contributed by atoms with Crippen molar-refractivity contribution in [3.8, 4) is 0 Å². The lowest BCUT2D eigenvalue weighted by atomic mass is 9.77. The molecule has 84 valence electrons. The van der Waals surface area contributed by atoms with E-state index in [1.54, 1.807) is 0 Å². The molecule has 0 aromatic heterocycles. The third-order valence-electron chi connectivity index (χ3n) is 3.03. The van der Waals surface area contributed by atoms with Gasteiger partial charge >= 0.3 is 0 Å².